The molecule has 0 aromatic heterocycles. The van der Waals surface area contributed by atoms with Crippen molar-refractivity contribution >= 4 is 0 Å². The first-order valence-corrected chi connectivity index (χ1v) is 8.88. The molecule has 0 unspecified atom stereocenters. The zero-order valence-corrected chi connectivity index (χ0v) is 13.8. The second kappa shape index (κ2) is 12.4. The number of aliphatic hydroxyl groups is 1. The third-order valence-electron chi connectivity index (χ3n) is 4.25. The molecule has 21 heavy (non-hydrogen) atoms. The van der Waals surface area contributed by atoms with Gasteiger partial charge in [-0.3, -0.25) is 0 Å². The van der Waals surface area contributed by atoms with Crippen LogP contribution in [0, 0.1) is 0 Å². The summed E-state index contributed by atoms with van der Waals surface area (Å²) < 4.78 is 10.9. The highest BCUT2D eigenvalue weighted by molar-refractivity contribution is 4.85. The minimum Gasteiger partial charge on any atom is -0.389 e. The molecule has 4 nitrogen and oxygen atoms in total. The smallest absolute Gasteiger partial charge is 0.108 e. The van der Waals surface area contributed by atoms with Gasteiger partial charge in [0.05, 0.1) is 25.4 Å². The maximum Gasteiger partial charge on any atom is 0.108 e. The fraction of sp³-hybridized carbons (Fsp3) is 1.00. The van der Waals surface area contributed by atoms with Crippen molar-refractivity contribution in [3.05, 3.63) is 0 Å². The van der Waals surface area contributed by atoms with E-state index in [4.69, 9.17) is 15.2 Å². The summed E-state index contributed by atoms with van der Waals surface area (Å²) in [7, 11) is 0. The van der Waals surface area contributed by atoms with Gasteiger partial charge in [0.15, 0.2) is 0 Å². The van der Waals surface area contributed by atoms with Crippen LogP contribution in [0.5, 0.6) is 0 Å². The number of hydrogen-bond acceptors (Lipinski definition) is 4. The summed E-state index contributed by atoms with van der Waals surface area (Å²) in [6, 6.07) is -0.254. The fourth-order valence-corrected chi connectivity index (χ4v) is 2.75. The monoisotopic (exact) mass is 301 g/mol. The van der Waals surface area contributed by atoms with Gasteiger partial charge in [-0.2, -0.15) is 0 Å². The highest BCUT2D eigenvalue weighted by Crippen LogP contribution is 2.13. The van der Waals surface area contributed by atoms with E-state index in [0.717, 1.165) is 13.0 Å². The summed E-state index contributed by atoms with van der Waals surface area (Å²) in [5.41, 5.74) is 5.67. The third kappa shape index (κ3) is 8.77. The second-order valence-corrected chi connectivity index (χ2v) is 6.28. The molecule has 4 heteroatoms. The molecule has 0 aliphatic carbocycles. The Morgan fingerprint density at radius 1 is 1.00 bits per heavy atom. The van der Waals surface area contributed by atoms with Crippen molar-refractivity contribution in [3.63, 3.8) is 0 Å². The molecule has 1 aliphatic rings. The quantitative estimate of drug-likeness (QED) is 0.513. The van der Waals surface area contributed by atoms with E-state index < -0.39 is 6.10 Å². The van der Waals surface area contributed by atoms with E-state index in [9.17, 15) is 5.11 Å². The largest absolute Gasteiger partial charge is 0.389 e. The molecule has 1 rings (SSSR count). The van der Waals surface area contributed by atoms with E-state index in [0.29, 0.717) is 13.2 Å². The van der Waals surface area contributed by atoms with Gasteiger partial charge >= 0.3 is 0 Å². The molecule has 1 aliphatic heterocycles. The van der Waals surface area contributed by atoms with Crippen LogP contribution in [0.1, 0.15) is 71.1 Å². The summed E-state index contributed by atoms with van der Waals surface area (Å²) in [4.78, 5) is 0. The lowest BCUT2D eigenvalue weighted by molar-refractivity contribution is -0.0251. The van der Waals surface area contributed by atoms with Crippen LogP contribution in [0.4, 0.5) is 0 Å². The van der Waals surface area contributed by atoms with Gasteiger partial charge in [0, 0.05) is 6.61 Å². The molecule has 1 heterocycles. The van der Waals surface area contributed by atoms with Crippen molar-refractivity contribution in [1.82, 2.24) is 0 Å². The van der Waals surface area contributed by atoms with E-state index in [1.807, 2.05) is 0 Å². The van der Waals surface area contributed by atoms with Crippen LogP contribution in [0.3, 0.4) is 0 Å². The number of hydrogen-bond donors (Lipinski definition) is 2. The number of aliphatic hydroxyl groups excluding tert-OH is 1. The normalized spacial score (nSPS) is 25.6. The molecule has 0 saturated carbocycles. The van der Waals surface area contributed by atoms with Crippen LogP contribution in [-0.2, 0) is 9.47 Å². The Bertz CT molecular complexity index is 238. The Morgan fingerprint density at radius 2 is 1.57 bits per heavy atom. The van der Waals surface area contributed by atoms with Gasteiger partial charge < -0.3 is 20.3 Å². The van der Waals surface area contributed by atoms with Crippen molar-refractivity contribution < 1.29 is 14.6 Å². The summed E-state index contributed by atoms with van der Waals surface area (Å²) in [6.45, 7) is 3.92. The predicted molar refractivity (Wildman–Crippen MR) is 86.4 cm³/mol. The third-order valence-corrected chi connectivity index (χ3v) is 4.25. The highest BCUT2D eigenvalue weighted by atomic mass is 16.5. The van der Waals surface area contributed by atoms with E-state index in [1.54, 1.807) is 0 Å². The van der Waals surface area contributed by atoms with Gasteiger partial charge in [0.1, 0.15) is 6.10 Å². The SMILES string of the molecule is CCCCCCCCCCCCOC[C@@H]1OC[C@H](N)[C@@H]1O. The lowest BCUT2D eigenvalue weighted by Crippen LogP contribution is -2.38. The highest BCUT2D eigenvalue weighted by Gasteiger charge is 2.33. The number of nitrogens with two attached hydrogens (primary N) is 1. The average Bonchev–Trinajstić information content (AvgIpc) is 2.80. The van der Waals surface area contributed by atoms with Gasteiger partial charge in [-0.1, -0.05) is 64.7 Å². The number of unbranched alkanes of at least 4 members (excludes halogenated alkanes) is 9. The lowest BCUT2D eigenvalue weighted by Gasteiger charge is -2.15. The van der Waals surface area contributed by atoms with E-state index in [-0.39, 0.29) is 12.1 Å². The van der Waals surface area contributed by atoms with Crippen LogP contribution in [0.15, 0.2) is 0 Å². The van der Waals surface area contributed by atoms with Crippen molar-refractivity contribution in [2.24, 2.45) is 5.73 Å². The van der Waals surface area contributed by atoms with Gasteiger partial charge in [0.2, 0.25) is 0 Å². The predicted octanol–water partition coefficient (Wildman–Crippen LogP) is 3.01. The Hall–Kier alpha value is -0.160. The molecule has 1 fully saturated rings. The van der Waals surface area contributed by atoms with Crippen molar-refractivity contribution in [2.75, 3.05) is 19.8 Å². The van der Waals surface area contributed by atoms with Crippen LogP contribution in [0.2, 0.25) is 0 Å². The van der Waals surface area contributed by atoms with Crippen molar-refractivity contribution in [1.29, 1.82) is 0 Å². The summed E-state index contributed by atoms with van der Waals surface area (Å²) in [5.74, 6) is 0. The molecule has 3 atom stereocenters. The Balaban J connectivity index is 1.77. The molecule has 1 saturated heterocycles. The lowest BCUT2D eigenvalue weighted by atomic mass is 10.1. The van der Waals surface area contributed by atoms with Crippen LogP contribution in [0.25, 0.3) is 0 Å². The van der Waals surface area contributed by atoms with Gasteiger partial charge in [-0.05, 0) is 6.42 Å². The minimum absolute atomic E-state index is 0.233. The maximum absolute atomic E-state index is 9.70. The minimum atomic E-state index is -0.572. The van der Waals surface area contributed by atoms with Gasteiger partial charge in [0.25, 0.3) is 0 Å². The molecule has 126 valence electrons. The fourth-order valence-electron chi connectivity index (χ4n) is 2.75. The van der Waals surface area contributed by atoms with Crippen LogP contribution >= 0.6 is 0 Å². The van der Waals surface area contributed by atoms with Crippen LogP contribution in [-0.4, -0.2) is 43.2 Å². The molecule has 0 aromatic carbocycles. The Morgan fingerprint density at radius 3 is 2.10 bits per heavy atom. The van der Waals surface area contributed by atoms with Gasteiger partial charge in [-0.15, -0.1) is 0 Å². The second-order valence-electron chi connectivity index (χ2n) is 6.28. The zero-order chi connectivity index (χ0) is 15.3. The first kappa shape index (κ1) is 18.9. The van der Waals surface area contributed by atoms with E-state index in [1.165, 1.54) is 57.8 Å². The van der Waals surface area contributed by atoms with Crippen molar-refractivity contribution in [2.45, 2.75) is 89.4 Å². The zero-order valence-electron chi connectivity index (χ0n) is 13.8. The summed E-state index contributed by atoms with van der Waals surface area (Å²) in [6.07, 6.45) is 12.5. The van der Waals surface area contributed by atoms with Crippen LogP contribution < -0.4 is 5.73 Å². The number of rotatable bonds is 13. The van der Waals surface area contributed by atoms with E-state index in [2.05, 4.69) is 6.92 Å². The molecule has 0 aromatic rings. The first-order valence-electron chi connectivity index (χ1n) is 8.88. The molecule has 0 radical (unpaired) electrons. The molecule has 0 bridgehead atoms. The molecule has 0 spiro atoms. The topological polar surface area (TPSA) is 64.7 Å². The Labute approximate surface area is 130 Å². The summed E-state index contributed by atoms with van der Waals surface area (Å²) in [5, 5.41) is 9.70. The Kier molecular flexibility index (Phi) is 11.1. The molecular weight excluding hydrogens is 266 g/mol. The first-order chi connectivity index (χ1) is 10.3. The van der Waals surface area contributed by atoms with Crippen molar-refractivity contribution in [3.8, 4) is 0 Å². The average molecular weight is 301 g/mol. The summed E-state index contributed by atoms with van der Waals surface area (Å²) >= 11 is 0. The molecule has 0 amide bonds. The number of ether oxygens (including phenoxy) is 2. The standard InChI is InChI=1S/C17H35NO3/c1-2-3-4-5-6-7-8-9-10-11-12-20-14-16-17(19)15(18)13-21-16/h15-17,19H,2-14,18H2,1H3/t15-,16-,17-/m0/s1. The van der Waals surface area contributed by atoms with Gasteiger partial charge in [-0.25, -0.2) is 0 Å². The molecular formula is C17H35NO3. The molecule has 3 N–H and O–H groups in total. The van der Waals surface area contributed by atoms with E-state index >= 15 is 0 Å². The maximum atomic E-state index is 9.70.